The Morgan fingerprint density at radius 1 is 1.35 bits per heavy atom. The van der Waals surface area contributed by atoms with Gasteiger partial charge in [0.15, 0.2) is 9.84 Å². The van der Waals surface area contributed by atoms with Gasteiger partial charge in [-0.25, -0.2) is 8.42 Å². The maximum absolute atomic E-state index is 11.8. The Kier molecular flexibility index (Phi) is 4.01. The van der Waals surface area contributed by atoms with Crippen molar-refractivity contribution in [3.05, 3.63) is 0 Å². The third-order valence-electron chi connectivity index (χ3n) is 3.25. The van der Waals surface area contributed by atoms with Crippen LogP contribution in [0.1, 0.15) is 6.42 Å². The molecule has 0 bridgehead atoms. The van der Waals surface area contributed by atoms with Crippen molar-refractivity contribution in [1.29, 1.82) is 0 Å². The van der Waals surface area contributed by atoms with E-state index < -0.39 is 9.84 Å². The fourth-order valence-electron chi connectivity index (χ4n) is 2.24. The maximum Gasteiger partial charge on any atom is 0.238 e. The fourth-order valence-corrected chi connectivity index (χ4v) is 4.10. The normalized spacial score (nSPS) is 32.2. The third kappa shape index (κ3) is 3.65. The van der Waals surface area contributed by atoms with E-state index in [4.69, 9.17) is 0 Å². The molecule has 2 aliphatic heterocycles. The molecule has 1 unspecified atom stereocenters. The van der Waals surface area contributed by atoms with Crippen LogP contribution in [-0.2, 0) is 14.6 Å². The molecular weight excluding hydrogens is 242 g/mol. The van der Waals surface area contributed by atoms with E-state index in [1.165, 1.54) is 0 Å². The lowest BCUT2D eigenvalue weighted by molar-refractivity contribution is -0.123. The summed E-state index contributed by atoms with van der Waals surface area (Å²) in [6.07, 6.45) is 0.666. The summed E-state index contributed by atoms with van der Waals surface area (Å²) in [4.78, 5) is 11.8. The second-order valence-electron chi connectivity index (χ2n) is 4.73. The van der Waals surface area contributed by atoms with Gasteiger partial charge in [0.2, 0.25) is 5.91 Å². The van der Waals surface area contributed by atoms with Gasteiger partial charge in [-0.2, -0.15) is 0 Å². The molecule has 17 heavy (non-hydrogen) atoms. The first kappa shape index (κ1) is 12.8. The molecule has 0 radical (unpaired) electrons. The van der Waals surface area contributed by atoms with Crippen molar-refractivity contribution < 1.29 is 13.2 Å². The molecule has 0 aliphatic carbocycles. The highest BCUT2D eigenvalue weighted by Crippen LogP contribution is 2.17. The van der Waals surface area contributed by atoms with Gasteiger partial charge in [0.05, 0.1) is 17.5 Å². The van der Waals surface area contributed by atoms with Gasteiger partial charge in [-0.3, -0.25) is 4.79 Å². The Morgan fingerprint density at radius 2 is 2.18 bits per heavy atom. The molecule has 2 heterocycles. The van der Waals surface area contributed by atoms with Crippen LogP contribution in [0.2, 0.25) is 0 Å². The molecule has 2 saturated heterocycles. The largest absolute Gasteiger partial charge is 0.354 e. The Hall–Kier alpha value is -0.660. The lowest BCUT2D eigenvalue weighted by atomic mass is 10.1. The number of carbonyl (C=O) groups is 1. The average molecular weight is 261 g/mol. The van der Waals surface area contributed by atoms with Gasteiger partial charge in [-0.05, 0) is 12.3 Å². The zero-order chi connectivity index (χ0) is 12.3. The molecule has 2 atom stereocenters. The molecule has 6 nitrogen and oxygen atoms in total. The van der Waals surface area contributed by atoms with E-state index in [0.29, 0.717) is 19.5 Å². The van der Waals surface area contributed by atoms with E-state index in [-0.39, 0.29) is 29.4 Å². The number of hydrogen-bond donors (Lipinski definition) is 3. The number of sulfone groups is 1. The molecule has 0 aromatic carbocycles. The Labute approximate surface area is 101 Å². The molecule has 7 heteroatoms. The zero-order valence-electron chi connectivity index (χ0n) is 9.74. The molecule has 0 spiro atoms. The van der Waals surface area contributed by atoms with E-state index in [2.05, 4.69) is 16.0 Å². The van der Waals surface area contributed by atoms with Crippen molar-refractivity contribution in [2.24, 2.45) is 5.92 Å². The molecular formula is C10H19N3O3S. The molecule has 2 rings (SSSR count). The van der Waals surface area contributed by atoms with Crippen molar-refractivity contribution in [2.45, 2.75) is 12.5 Å². The number of piperazine rings is 1. The molecule has 0 saturated carbocycles. The summed E-state index contributed by atoms with van der Waals surface area (Å²) in [6.45, 7) is 2.77. The van der Waals surface area contributed by atoms with Gasteiger partial charge in [0.1, 0.15) is 0 Å². The minimum Gasteiger partial charge on any atom is -0.354 e. The number of hydrogen-bond acceptors (Lipinski definition) is 5. The van der Waals surface area contributed by atoms with Crippen LogP contribution in [-0.4, -0.2) is 58.1 Å². The fraction of sp³-hybridized carbons (Fsp3) is 0.900. The topological polar surface area (TPSA) is 87.3 Å². The highest BCUT2D eigenvalue weighted by molar-refractivity contribution is 7.91. The highest BCUT2D eigenvalue weighted by atomic mass is 32.2. The van der Waals surface area contributed by atoms with Crippen LogP contribution in [0, 0.1) is 5.92 Å². The van der Waals surface area contributed by atoms with Crippen LogP contribution >= 0.6 is 0 Å². The monoisotopic (exact) mass is 261 g/mol. The minimum atomic E-state index is -2.85. The van der Waals surface area contributed by atoms with Crippen LogP contribution in [0.25, 0.3) is 0 Å². The minimum absolute atomic E-state index is 0.0403. The van der Waals surface area contributed by atoms with Gasteiger partial charge >= 0.3 is 0 Å². The first-order valence-corrected chi connectivity index (χ1v) is 7.81. The van der Waals surface area contributed by atoms with Gasteiger partial charge in [0.25, 0.3) is 0 Å². The molecule has 3 N–H and O–H groups in total. The third-order valence-corrected chi connectivity index (χ3v) is 5.09. The number of rotatable bonds is 3. The molecule has 0 aromatic heterocycles. The van der Waals surface area contributed by atoms with E-state index in [1.807, 2.05) is 0 Å². The molecule has 2 fully saturated rings. The van der Waals surface area contributed by atoms with Crippen LogP contribution in [0.15, 0.2) is 0 Å². The van der Waals surface area contributed by atoms with Gasteiger partial charge in [0, 0.05) is 26.2 Å². The van der Waals surface area contributed by atoms with Crippen molar-refractivity contribution in [2.75, 3.05) is 37.7 Å². The van der Waals surface area contributed by atoms with E-state index >= 15 is 0 Å². The first-order valence-electron chi connectivity index (χ1n) is 5.99. The SMILES string of the molecule is O=C(NC[C@H]1CCS(=O)(=O)C1)C1CNCCN1. The standard InChI is InChI=1S/C10H19N3O3S/c14-10(9-6-11-2-3-12-9)13-5-8-1-4-17(15,16)7-8/h8-9,11-12H,1-7H2,(H,13,14)/t8-,9?/m1/s1. The lowest BCUT2D eigenvalue weighted by Gasteiger charge is -2.24. The number of nitrogens with one attached hydrogen (secondary N) is 3. The van der Waals surface area contributed by atoms with E-state index in [1.54, 1.807) is 0 Å². The zero-order valence-corrected chi connectivity index (χ0v) is 10.6. The van der Waals surface area contributed by atoms with Crippen LogP contribution in [0.5, 0.6) is 0 Å². The quantitative estimate of drug-likeness (QED) is 0.552. The smallest absolute Gasteiger partial charge is 0.238 e. The average Bonchev–Trinajstić information content (AvgIpc) is 2.67. The predicted molar refractivity (Wildman–Crippen MR) is 64.4 cm³/mol. The van der Waals surface area contributed by atoms with Gasteiger partial charge < -0.3 is 16.0 Å². The summed E-state index contributed by atoms with van der Waals surface area (Å²) in [5.74, 6) is 0.516. The Morgan fingerprint density at radius 3 is 2.76 bits per heavy atom. The Balaban J connectivity index is 1.73. The van der Waals surface area contributed by atoms with Gasteiger partial charge in [-0.1, -0.05) is 0 Å². The highest BCUT2D eigenvalue weighted by Gasteiger charge is 2.29. The molecule has 0 aromatic rings. The molecule has 98 valence electrons. The lowest BCUT2D eigenvalue weighted by Crippen LogP contribution is -2.56. The van der Waals surface area contributed by atoms with Crippen molar-refractivity contribution in [1.82, 2.24) is 16.0 Å². The van der Waals surface area contributed by atoms with Gasteiger partial charge in [-0.15, -0.1) is 0 Å². The number of carbonyl (C=O) groups excluding carboxylic acids is 1. The molecule has 1 amide bonds. The second-order valence-corrected chi connectivity index (χ2v) is 6.95. The van der Waals surface area contributed by atoms with E-state index in [0.717, 1.165) is 13.1 Å². The summed E-state index contributed by atoms with van der Waals surface area (Å²) in [5, 5.41) is 9.08. The summed E-state index contributed by atoms with van der Waals surface area (Å²) >= 11 is 0. The summed E-state index contributed by atoms with van der Waals surface area (Å²) in [7, 11) is -2.85. The summed E-state index contributed by atoms with van der Waals surface area (Å²) in [6, 6.07) is -0.193. The Bertz CT molecular complexity index is 376. The summed E-state index contributed by atoms with van der Waals surface area (Å²) < 4.78 is 22.5. The van der Waals surface area contributed by atoms with Crippen LogP contribution < -0.4 is 16.0 Å². The van der Waals surface area contributed by atoms with Crippen molar-refractivity contribution in [3.8, 4) is 0 Å². The van der Waals surface area contributed by atoms with E-state index in [9.17, 15) is 13.2 Å². The molecule has 2 aliphatic rings. The van der Waals surface area contributed by atoms with Crippen molar-refractivity contribution in [3.63, 3.8) is 0 Å². The summed E-state index contributed by atoms with van der Waals surface area (Å²) in [5.41, 5.74) is 0. The van der Waals surface area contributed by atoms with Crippen molar-refractivity contribution >= 4 is 15.7 Å². The second kappa shape index (κ2) is 5.32. The van der Waals surface area contributed by atoms with Crippen LogP contribution in [0.4, 0.5) is 0 Å². The van der Waals surface area contributed by atoms with Crippen LogP contribution in [0.3, 0.4) is 0 Å². The predicted octanol–water partition coefficient (Wildman–Crippen LogP) is -1.90. The number of amides is 1. The maximum atomic E-state index is 11.8. The first-order chi connectivity index (χ1) is 8.07.